The minimum Gasteiger partial charge on any atom is -0.456 e. The van der Waals surface area contributed by atoms with Crippen molar-refractivity contribution in [3.8, 4) is 6.07 Å². The summed E-state index contributed by atoms with van der Waals surface area (Å²) in [5.74, 6) is -0.295. The molecule has 0 heterocycles. The Labute approximate surface area is 120 Å². The second kappa shape index (κ2) is 5.28. The van der Waals surface area contributed by atoms with Gasteiger partial charge in [0.25, 0.3) is 0 Å². The van der Waals surface area contributed by atoms with Crippen molar-refractivity contribution in [2.75, 3.05) is 0 Å². The van der Waals surface area contributed by atoms with Crippen LogP contribution < -0.4 is 0 Å². The Hall–Kier alpha value is -1.82. The molecule has 0 aromatic heterocycles. The largest absolute Gasteiger partial charge is 0.456 e. The van der Waals surface area contributed by atoms with Gasteiger partial charge in [-0.3, -0.25) is 0 Å². The fraction of sp³-hybridized carbons (Fsp3) is 0.529. The Bertz CT molecular complexity index is 527. The predicted octanol–water partition coefficient (Wildman–Crippen LogP) is 4.07. The normalized spacial score (nSPS) is 19.9. The molecule has 0 aliphatic heterocycles. The van der Waals surface area contributed by atoms with Crippen molar-refractivity contribution < 1.29 is 9.53 Å². The smallest absolute Gasteiger partial charge is 0.338 e. The van der Waals surface area contributed by atoms with Gasteiger partial charge in [-0.05, 0) is 62.3 Å². The summed E-state index contributed by atoms with van der Waals surface area (Å²) in [7, 11) is 0. The van der Waals surface area contributed by atoms with E-state index in [2.05, 4.69) is 13.8 Å². The third-order valence-electron chi connectivity index (χ3n) is 4.25. The molecule has 0 N–H and O–H groups in total. The summed E-state index contributed by atoms with van der Waals surface area (Å²) in [6, 6.07) is 8.62. The maximum absolute atomic E-state index is 12.2. The van der Waals surface area contributed by atoms with E-state index in [4.69, 9.17) is 10.00 Å². The van der Waals surface area contributed by atoms with Crippen LogP contribution in [0.3, 0.4) is 0 Å². The second-order valence-electron chi connectivity index (χ2n) is 6.69. The molecule has 0 unspecified atom stereocenters. The molecule has 0 radical (unpaired) electrons. The van der Waals surface area contributed by atoms with Gasteiger partial charge in [-0.2, -0.15) is 5.26 Å². The molecule has 1 fully saturated rings. The van der Waals surface area contributed by atoms with E-state index in [0.717, 1.165) is 25.7 Å². The molecule has 1 saturated carbocycles. The minimum atomic E-state index is -0.361. The number of carbonyl (C=O) groups is 1. The number of esters is 1. The molecule has 3 heteroatoms. The van der Waals surface area contributed by atoms with Gasteiger partial charge in [0.1, 0.15) is 5.60 Å². The number of hydrogen-bond acceptors (Lipinski definition) is 3. The molecule has 0 amide bonds. The van der Waals surface area contributed by atoms with Gasteiger partial charge in [-0.15, -0.1) is 0 Å². The molecule has 1 aromatic rings. The van der Waals surface area contributed by atoms with Crippen LogP contribution in [0, 0.1) is 16.7 Å². The molecule has 0 spiro atoms. The Morgan fingerprint density at radius 1 is 1.10 bits per heavy atom. The number of carbonyl (C=O) groups excluding carboxylic acids is 1. The van der Waals surface area contributed by atoms with Crippen LogP contribution in [-0.4, -0.2) is 11.6 Å². The third-order valence-corrected chi connectivity index (χ3v) is 4.25. The highest BCUT2D eigenvalue weighted by atomic mass is 16.6. The highest BCUT2D eigenvalue weighted by molar-refractivity contribution is 5.89. The maximum atomic E-state index is 12.2. The van der Waals surface area contributed by atoms with Gasteiger partial charge in [-0.1, -0.05) is 13.8 Å². The van der Waals surface area contributed by atoms with E-state index in [1.807, 2.05) is 13.0 Å². The number of rotatable bonds is 2. The van der Waals surface area contributed by atoms with E-state index in [0.29, 0.717) is 16.5 Å². The minimum absolute atomic E-state index is 0.295. The van der Waals surface area contributed by atoms with E-state index in [1.165, 1.54) is 0 Å². The Morgan fingerprint density at radius 3 is 2.15 bits per heavy atom. The average molecular weight is 271 g/mol. The fourth-order valence-corrected chi connectivity index (χ4v) is 2.52. The van der Waals surface area contributed by atoms with E-state index in [1.54, 1.807) is 24.3 Å². The van der Waals surface area contributed by atoms with Gasteiger partial charge in [0.05, 0.1) is 17.2 Å². The lowest BCUT2D eigenvalue weighted by atomic mass is 9.71. The summed E-state index contributed by atoms with van der Waals surface area (Å²) >= 11 is 0. The molecule has 20 heavy (non-hydrogen) atoms. The molecule has 0 saturated heterocycles. The monoisotopic (exact) mass is 271 g/mol. The van der Waals surface area contributed by atoms with E-state index < -0.39 is 0 Å². The first-order chi connectivity index (χ1) is 9.34. The Morgan fingerprint density at radius 2 is 1.65 bits per heavy atom. The molecule has 106 valence electrons. The van der Waals surface area contributed by atoms with Gasteiger partial charge < -0.3 is 4.74 Å². The molecule has 0 atom stereocenters. The van der Waals surface area contributed by atoms with Gasteiger partial charge in [-0.25, -0.2) is 4.79 Å². The third kappa shape index (κ3) is 3.39. The van der Waals surface area contributed by atoms with Gasteiger partial charge in [0.2, 0.25) is 0 Å². The van der Waals surface area contributed by atoms with Crippen LogP contribution >= 0.6 is 0 Å². The predicted molar refractivity (Wildman–Crippen MR) is 77.2 cm³/mol. The summed E-state index contributed by atoms with van der Waals surface area (Å²) in [4.78, 5) is 12.2. The summed E-state index contributed by atoms with van der Waals surface area (Å²) in [6.45, 7) is 6.54. The Kier molecular flexibility index (Phi) is 3.85. The highest BCUT2D eigenvalue weighted by Gasteiger charge is 2.37. The SMILES string of the molecule is CC1(C)CCC(C)(OC(=O)c2ccc(C#N)cc2)CC1. The summed E-state index contributed by atoms with van der Waals surface area (Å²) in [5.41, 5.74) is 1.04. The summed E-state index contributed by atoms with van der Waals surface area (Å²) in [5, 5.41) is 8.75. The second-order valence-corrected chi connectivity index (χ2v) is 6.69. The van der Waals surface area contributed by atoms with Crippen molar-refractivity contribution in [2.45, 2.75) is 52.1 Å². The first-order valence-corrected chi connectivity index (χ1v) is 7.07. The number of nitrogens with zero attached hydrogens (tertiary/aromatic N) is 1. The van der Waals surface area contributed by atoms with Crippen molar-refractivity contribution in [3.63, 3.8) is 0 Å². The van der Waals surface area contributed by atoms with Gasteiger partial charge >= 0.3 is 5.97 Å². The van der Waals surface area contributed by atoms with E-state index in [-0.39, 0.29) is 11.6 Å². The molecule has 1 aliphatic carbocycles. The number of nitriles is 1. The lowest BCUT2D eigenvalue weighted by molar-refractivity contribution is -0.0436. The van der Waals surface area contributed by atoms with Gasteiger partial charge in [0, 0.05) is 0 Å². The molecule has 3 nitrogen and oxygen atoms in total. The van der Waals surface area contributed by atoms with Crippen molar-refractivity contribution in [1.29, 1.82) is 5.26 Å². The number of benzene rings is 1. The Balaban J connectivity index is 2.02. The van der Waals surface area contributed by atoms with Crippen molar-refractivity contribution >= 4 is 5.97 Å². The zero-order valence-electron chi connectivity index (χ0n) is 12.4. The number of ether oxygens (including phenoxy) is 1. The van der Waals surface area contributed by atoms with Crippen LogP contribution in [0.4, 0.5) is 0 Å². The summed E-state index contributed by atoms with van der Waals surface area (Å²) in [6.07, 6.45) is 3.96. The van der Waals surface area contributed by atoms with Crippen LogP contribution in [0.2, 0.25) is 0 Å². The summed E-state index contributed by atoms with van der Waals surface area (Å²) < 4.78 is 5.71. The maximum Gasteiger partial charge on any atom is 0.338 e. The lowest BCUT2D eigenvalue weighted by Crippen LogP contribution is -2.38. The van der Waals surface area contributed by atoms with Crippen molar-refractivity contribution in [3.05, 3.63) is 35.4 Å². The van der Waals surface area contributed by atoms with Crippen LogP contribution in [0.5, 0.6) is 0 Å². The van der Waals surface area contributed by atoms with E-state index in [9.17, 15) is 4.79 Å². The topological polar surface area (TPSA) is 50.1 Å². The quantitative estimate of drug-likeness (QED) is 0.762. The van der Waals surface area contributed by atoms with Crippen LogP contribution in [0.1, 0.15) is 62.4 Å². The van der Waals surface area contributed by atoms with Crippen LogP contribution in [0.25, 0.3) is 0 Å². The first kappa shape index (κ1) is 14.6. The van der Waals surface area contributed by atoms with Gasteiger partial charge in [0.15, 0.2) is 0 Å². The zero-order valence-corrected chi connectivity index (χ0v) is 12.4. The van der Waals surface area contributed by atoms with Crippen molar-refractivity contribution in [1.82, 2.24) is 0 Å². The number of hydrogen-bond donors (Lipinski definition) is 0. The molecule has 2 rings (SSSR count). The molecular formula is C17H21NO2. The first-order valence-electron chi connectivity index (χ1n) is 7.07. The fourth-order valence-electron chi connectivity index (χ4n) is 2.52. The van der Waals surface area contributed by atoms with Crippen LogP contribution in [-0.2, 0) is 4.74 Å². The molecule has 1 aromatic carbocycles. The van der Waals surface area contributed by atoms with E-state index >= 15 is 0 Å². The zero-order chi connectivity index (χ0) is 14.8. The lowest BCUT2D eigenvalue weighted by Gasteiger charge is -2.40. The molecule has 0 bridgehead atoms. The highest BCUT2D eigenvalue weighted by Crippen LogP contribution is 2.42. The standard InChI is InChI=1S/C17H21NO2/c1-16(2)8-10-17(3,11-9-16)20-15(19)14-6-4-13(12-18)5-7-14/h4-7H,8-11H2,1-3H3. The molecular weight excluding hydrogens is 250 g/mol. The van der Waals surface area contributed by atoms with Crippen LogP contribution in [0.15, 0.2) is 24.3 Å². The molecule has 1 aliphatic rings. The average Bonchev–Trinajstić information content (AvgIpc) is 2.43. The van der Waals surface area contributed by atoms with Crippen molar-refractivity contribution in [2.24, 2.45) is 5.41 Å².